The molecule has 0 saturated carbocycles. The second-order valence-electron chi connectivity index (χ2n) is 16.5. The van der Waals surface area contributed by atoms with Crippen LogP contribution in [0.5, 0.6) is 0 Å². The Kier molecular flexibility index (Phi) is 47.0. The summed E-state index contributed by atoms with van der Waals surface area (Å²) in [5.41, 5.74) is 0. The molecule has 0 rings (SSSR count). The van der Waals surface area contributed by atoms with Crippen molar-refractivity contribution in [2.75, 3.05) is 13.2 Å². The third-order valence-corrected chi connectivity index (χ3v) is 10.4. The van der Waals surface area contributed by atoms with E-state index in [1.54, 1.807) is 0 Å². The third-order valence-electron chi connectivity index (χ3n) is 10.4. The maximum absolute atomic E-state index is 12.8. The highest BCUT2D eigenvalue weighted by Crippen LogP contribution is 2.13. The quantitative estimate of drug-likeness (QED) is 0.0200. The molecule has 0 saturated heterocycles. The van der Waals surface area contributed by atoms with E-state index in [1.807, 2.05) is 24.3 Å². The van der Waals surface area contributed by atoms with Gasteiger partial charge in [0.15, 0.2) is 6.10 Å². The molecule has 6 heteroatoms. The summed E-state index contributed by atoms with van der Waals surface area (Å²) in [6.07, 6.45) is 65.3. The zero-order chi connectivity index (χ0) is 45.1. The van der Waals surface area contributed by atoms with E-state index in [9.17, 15) is 14.4 Å². The molecule has 0 N–H and O–H groups in total. The number of carbonyl (C=O) groups excluding carboxylic acids is 3. The lowest BCUT2D eigenvalue weighted by molar-refractivity contribution is -0.167. The van der Waals surface area contributed by atoms with Gasteiger partial charge < -0.3 is 14.2 Å². The molecular formula is C56H92O6. The molecule has 1 atom stereocenters. The van der Waals surface area contributed by atoms with Gasteiger partial charge in [0.2, 0.25) is 0 Å². The van der Waals surface area contributed by atoms with Gasteiger partial charge in [0.05, 0.1) is 0 Å². The van der Waals surface area contributed by atoms with Gasteiger partial charge in [-0.25, -0.2) is 0 Å². The number of ether oxygens (including phenoxy) is 3. The summed E-state index contributed by atoms with van der Waals surface area (Å²) in [4.78, 5) is 37.9. The van der Waals surface area contributed by atoms with Crippen LogP contribution in [0.4, 0.5) is 0 Å². The molecule has 1 unspecified atom stereocenters. The minimum atomic E-state index is -0.802. The van der Waals surface area contributed by atoms with Crippen molar-refractivity contribution in [2.45, 2.75) is 226 Å². The predicted molar refractivity (Wildman–Crippen MR) is 265 cm³/mol. The first-order valence-corrected chi connectivity index (χ1v) is 25.3. The van der Waals surface area contributed by atoms with E-state index in [1.165, 1.54) is 51.4 Å². The maximum Gasteiger partial charge on any atom is 0.306 e. The second-order valence-corrected chi connectivity index (χ2v) is 16.5. The fraction of sp³-hybridized carbons (Fsp3) is 0.661. The van der Waals surface area contributed by atoms with E-state index in [0.29, 0.717) is 19.3 Å². The summed E-state index contributed by atoms with van der Waals surface area (Å²) in [6.45, 7) is 6.38. The van der Waals surface area contributed by atoms with Crippen LogP contribution in [0, 0.1) is 0 Å². The Balaban J connectivity index is 4.48. The molecule has 6 nitrogen and oxygen atoms in total. The smallest absolute Gasteiger partial charge is 0.306 e. The van der Waals surface area contributed by atoms with E-state index >= 15 is 0 Å². The van der Waals surface area contributed by atoms with Gasteiger partial charge >= 0.3 is 17.9 Å². The highest BCUT2D eigenvalue weighted by Gasteiger charge is 2.19. The Labute approximate surface area is 381 Å². The molecule has 0 aliphatic rings. The summed E-state index contributed by atoms with van der Waals surface area (Å²) < 4.78 is 16.7. The lowest BCUT2D eigenvalue weighted by Crippen LogP contribution is -2.30. The molecular weight excluding hydrogens is 769 g/mol. The van der Waals surface area contributed by atoms with Gasteiger partial charge in [0, 0.05) is 19.3 Å². The molecule has 0 amide bonds. The Morgan fingerprint density at radius 1 is 0.355 bits per heavy atom. The number of esters is 3. The Morgan fingerprint density at radius 2 is 0.726 bits per heavy atom. The standard InChI is InChI=1S/C56H92O6/c1-4-7-10-13-16-19-22-25-27-28-29-30-32-34-37-40-43-46-49-55(58)61-52-53(51-60-54(57)48-45-42-39-36-33-24-21-18-15-12-9-6-3)62-56(59)50-47-44-41-38-35-31-26-23-20-17-14-11-8-5-2/h9-10,12-13,16,18-19,21-22,25,27-31,35,53H,4-8,11,14-15,17,20,23-24,26,32-34,36-52H2,1-3H3/b12-9-,13-10-,19-16-,21-18-,25-22-,28-27-,30-29-,35-31-. The molecule has 0 aliphatic carbocycles. The van der Waals surface area contributed by atoms with Crippen LogP contribution in [0.1, 0.15) is 220 Å². The maximum atomic E-state index is 12.8. The average Bonchev–Trinajstić information content (AvgIpc) is 3.27. The Morgan fingerprint density at radius 3 is 1.21 bits per heavy atom. The number of hydrogen-bond donors (Lipinski definition) is 0. The predicted octanol–water partition coefficient (Wildman–Crippen LogP) is 16.6. The summed E-state index contributed by atoms with van der Waals surface area (Å²) in [6, 6.07) is 0. The van der Waals surface area contributed by atoms with Gasteiger partial charge in [-0.15, -0.1) is 0 Å². The number of unbranched alkanes of at least 4 members (excludes halogenated alkanes) is 21. The zero-order valence-corrected chi connectivity index (χ0v) is 40.1. The molecule has 0 fully saturated rings. The van der Waals surface area contributed by atoms with Gasteiger partial charge in [-0.1, -0.05) is 208 Å². The summed E-state index contributed by atoms with van der Waals surface area (Å²) in [5.74, 6) is -0.960. The second kappa shape index (κ2) is 50.0. The van der Waals surface area contributed by atoms with Gasteiger partial charge in [-0.3, -0.25) is 14.4 Å². The van der Waals surface area contributed by atoms with Crippen LogP contribution in [-0.2, 0) is 28.6 Å². The number of hydrogen-bond acceptors (Lipinski definition) is 6. The van der Waals surface area contributed by atoms with Crippen LogP contribution in [-0.4, -0.2) is 37.2 Å². The van der Waals surface area contributed by atoms with Crippen molar-refractivity contribution in [3.63, 3.8) is 0 Å². The molecule has 0 heterocycles. The topological polar surface area (TPSA) is 78.9 Å². The van der Waals surface area contributed by atoms with Crippen LogP contribution in [0.15, 0.2) is 97.2 Å². The minimum Gasteiger partial charge on any atom is -0.462 e. The zero-order valence-electron chi connectivity index (χ0n) is 40.1. The molecule has 352 valence electrons. The van der Waals surface area contributed by atoms with E-state index in [2.05, 4.69) is 93.7 Å². The fourth-order valence-corrected chi connectivity index (χ4v) is 6.62. The van der Waals surface area contributed by atoms with Gasteiger partial charge in [-0.05, 0) is 89.9 Å². The lowest BCUT2D eigenvalue weighted by atomic mass is 10.1. The minimum absolute atomic E-state index is 0.101. The van der Waals surface area contributed by atoms with Gasteiger partial charge in [0.25, 0.3) is 0 Å². The third kappa shape index (κ3) is 47.4. The van der Waals surface area contributed by atoms with Crippen molar-refractivity contribution < 1.29 is 28.6 Å². The van der Waals surface area contributed by atoms with Crippen LogP contribution < -0.4 is 0 Å². The number of allylic oxidation sites excluding steroid dienone is 16. The van der Waals surface area contributed by atoms with Crippen LogP contribution >= 0.6 is 0 Å². The van der Waals surface area contributed by atoms with Crippen molar-refractivity contribution >= 4 is 17.9 Å². The monoisotopic (exact) mass is 861 g/mol. The first kappa shape index (κ1) is 58.3. The first-order chi connectivity index (χ1) is 30.5. The average molecular weight is 861 g/mol. The summed E-state index contributed by atoms with van der Waals surface area (Å²) >= 11 is 0. The number of carbonyl (C=O) groups is 3. The van der Waals surface area contributed by atoms with Crippen molar-refractivity contribution in [1.29, 1.82) is 0 Å². The molecule has 0 aromatic carbocycles. The largest absolute Gasteiger partial charge is 0.462 e. The Bertz CT molecular complexity index is 1260. The van der Waals surface area contributed by atoms with Gasteiger partial charge in [-0.2, -0.15) is 0 Å². The van der Waals surface area contributed by atoms with E-state index in [4.69, 9.17) is 14.2 Å². The molecule has 0 bridgehead atoms. The van der Waals surface area contributed by atoms with E-state index in [0.717, 1.165) is 128 Å². The van der Waals surface area contributed by atoms with Crippen molar-refractivity contribution in [3.8, 4) is 0 Å². The fourth-order valence-electron chi connectivity index (χ4n) is 6.62. The molecule has 0 aromatic heterocycles. The SMILES string of the molecule is CC/C=C\C/C=C\CCCCCCCC(=O)OCC(COC(=O)CCCCCCC\C=C/C=C\C=C/C=C\C=C/CCC)OC(=O)CCCCC/C=C\CCCCCCCCC. The molecule has 0 aliphatic heterocycles. The Hall–Kier alpha value is -3.67. The number of rotatable bonds is 44. The van der Waals surface area contributed by atoms with Gasteiger partial charge in [0.1, 0.15) is 13.2 Å². The highest BCUT2D eigenvalue weighted by atomic mass is 16.6. The van der Waals surface area contributed by atoms with Crippen molar-refractivity contribution in [2.24, 2.45) is 0 Å². The van der Waals surface area contributed by atoms with E-state index < -0.39 is 6.10 Å². The normalized spacial score (nSPS) is 12.9. The highest BCUT2D eigenvalue weighted by molar-refractivity contribution is 5.71. The molecule has 62 heavy (non-hydrogen) atoms. The molecule has 0 spiro atoms. The lowest BCUT2D eigenvalue weighted by Gasteiger charge is -2.18. The molecule has 0 radical (unpaired) electrons. The van der Waals surface area contributed by atoms with E-state index in [-0.39, 0.29) is 31.1 Å². The van der Waals surface area contributed by atoms with Crippen molar-refractivity contribution in [3.05, 3.63) is 97.2 Å². The molecule has 0 aromatic rings. The van der Waals surface area contributed by atoms with Crippen LogP contribution in [0.2, 0.25) is 0 Å². The van der Waals surface area contributed by atoms with Crippen LogP contribution in [0.3, 0.4) is 0 Å². The summed E-state index contributed by atoms with van der Waals surface area (Å²) in [7, 11) is 0. The first-order valence-electron chi connectivity index (χ1n) is 25.3. The summed E-state index contributed by atoms with van der Waals surface area (Å²) in [5, 5.41) is 0. The van der Waals surface area contributed by atoms with Crippen LogP contribution in [0.25, 0.3) is 0 Å². The van der Waals surface area contributed by atoms with Crippen molar-refractivity contribution in [1.82, 2.24) is 0 Å².